The number of rotatable bonds is 4. The van der Waals surface area contributed by atoms with Gasteiger partial charge in [-0.25, -0.2) is 4.39 Å². The number of ether oxygens (including phenoxy) is 1. The van der Waals surface area contributed by atoms with Gasteiger partial charge in [-0.2, -0.15) is 0 Å². The number of hydrogen-bond donors (Lipinski definition) is 2. The summed E-state index contributed by atoms with van der Waals surface area (Å²) < 4.78 is 18.3. The van der Waals surface area contributed by atoms with Crippen molar-refractivity contribution in [3.63, 3.8) is 0 Å². The molecule has 0 fully saturated rings. The number of halogens is 1. The van der Waals surface area contributed by atoms with Crippen LogP contribution >= 0.6 is 11.8 Å². The van der Waals surface area contributed by atoms with Crippen molar-refractivity contribution >= 4 is 24.3 Å². The van der Waals surface area contributed by atoms with Crippen LogP contribution < -0.4 is 10.2 Å². The van der Waals surface area contributed by atoms with E-state index in [0.29, 0.717) is 5.94 Å². The fourth-order valence-electron chi connectivity index (χ4n) is 1.02. The minimum absolute atomic E-state index is 0.161. The van der Waals surface area contributed by atoms with E-state index in [1.807, 2.05) is 6.26 Å². The van der Waals surface area contributed by atoms with Crippen LogP contribution in [0.5, 0.6) is 5.75 Å². The summed E-state index contributed by atoms with van der Waals surface area (Å²) in [7, 11) is -1.85. The molecule has 2 N–H and O–H groups in total. The molecule has 0 amide bonds. The van der Waals surface area contributed by atoms with Crippen molar-refractivity contribution in [1.29, 1.82) is 0 Å². The Morgan fingerprint density at radius 1 is 1.50 bits per heavy atom. The molecule has 1 rings (SSSR count). The van der Waals surface area contributed by atoms with Crippen molar-refractivity contribution in [3.05, 3.63) is 24.0 Å². The van der Waals surface area contributed by atoms with Gasteiger partial charge < -0.3 is 14.8 Å². The van der Waals surface area contributed by atoms with Gasteiger partial charge in [0.2, 0.25) is 0 Å². The molecule has 1 aromatic carbocycles. The van der Waals surface area contributed by atoms with Gasteiger partial charge in [0.25, 0.3) is 0 Å². The molecule has 1 aromatic rings. The Kier molecular flexibility index (Phi) is 4.25. The highest BCUT2D eigenvalue weighted by molar-refractivity contribution is 7.98. The molecule has 0 bridgehead atoms. The molecule has 6 heteroatoms. The van der Waals surface area contributed by atoms with Crippen LogP contribution in [-0.4, -0.2) is 29.4 Å². The first-order valence-corrected chi connectivity index (χ1v) is 5.32. The maximum atomic E-state index is 13.1. The van der Waals surface area contributed by atoms with E-state index in [-0.39, 0.29) is 11.2 Å². The first-order chi connectivity index (χ1) is 6.66. The molecule has 0 aromatic heterocycles. The van der Waals surface area contributed by atoms with E-state index >= 15 is 0 Å². The average Bonchev–Trinajstić information content (AvgIpc) is 2.14. The Labute approximate surface area is 86.0 Å². The molecular weight excluding hydrogens is 206 g/mol. The van der Waals surface area contributed by atoms with E-state index in [1.54, 1.807) is 0 Å². The zero-order valence-electron chi connectivity index (χ0n) is 7.61. The maximum Gasteiger partial charge on any atom is 0.495 e. The molecule has 0 radical (unpaired) electrons. The zero-order valence-corrected chi connectivity index (χ0v) is 8.42. The van der Waals surface area contributed by atoms with Gasteiger partial charge >= 0.3 is 7.12 Å². The van der Waals surface area contributed by atoms with Gasteiger partial charge in [0.15, 0.2) is 0 Å². The topological polar surface area (TPSA) is 49.7 Å². The number of benzene rings is 1. The Balaban J connectivity index is 2.96. The second-order valence-corrected chi connectivity index (χ2v) is 3.39. The largest absolute Gasteiger partial charge is 0.495 e. The average molecular weight is 216 g/mol. The molecule has 76 valence electrons. The number of thioether (sulfide) groups is 1. The second-order valence-electron chi connectivity index (χ2n) is 2.58. The third-order valence-electron chi connectivity index (χ3n) is 1.60. The second kappa shape index (κ2) is 5.24. The van der Waals surface area contributed by atoms with E-state index in [0.717, 1.165) is 6.07 Å². The van der Waals surface area contributed by atoms with Gasteiger partial charge in [-0.1, -0.05) is 6.07 Å². The molecule has 0 heterocycles. The monoisotopic (exact) mass is 216 g/mol. The van der Waals surface area contributed by atoms with E-state index in [4.69, 9.17) is 14.8 Å². The van der Waals surface area contributed by atoms with Crippen LogP contribution in [0.15, 0.2) is 18.2 Å². The molecule has 0 aliphatic carbocycles. The van der Waals surface area contributed by atoms with Gasteiger partial charge in [-0.3, -0.25) is 0 Å². The first-order valence-electron chi connectivity index (χ1n) is 3.93. The Bertz CT molecular complexity index is 309. The highest BCUT2D eigenvalue weighted by Gasteiger charge is 2.21. The van der Waals surface area contributed by atoms with E-state index in [2.05, 4.69) is 0 Å². The lowest BCUT2D eigenvalue weighted by atomic mass is 9.79. The summed E-state index contributed by atoms with van der Waals surface area (Å²) in [6.07, 6.45) is 1.83. The molecule has 0 unspecified atom stereocenters. The molecule has 0 atom stereocenters. The Morgan fingerprint density at radius 2 is 2.21 bits per heavy atom. The Morgan fingerprint density at radius 3 is 2.79 bits per heavy atom. The van der Waals surface area contributed by atoms with Crippen LogP contribution in [0.2, 0.25) is 0 Å². The highest BCUT2D eigenvalue weighted by atomic mass is 32.2. The van der Waals surface area contributed by atoms with Crippen LogP contribution in [0.25, 0.3) is 0 Å². The summed E-state index contributed by atoms with van der Waals surface area (Å²) in [5, 5.41) is 17.8. The lowest BCUT2D eigenvalue weighted by molar-refractivity contribution is 0.384. The van der Waals surface area contributed by atoms with Gasteiger partial charge in [0.05, 0.1) is 5.46 Å². The summed E-state index contributed by atoms with van der Waals surface area (Å²) >= 11 is 1.41. The van der Waals surface area contributed by atoms with Gasteiger partial charge in [-0.05, 0) is 18.4 Å². The first kappa shape index (κ1) is 11.4. The highest BCUT2D eigenvalue weighted by Crippen LogP contribution is 2.11. The van der Waals surface area contributed by atoms with E-state index < -0.39 is 12.9 Å². The van der Waals surface area contributed by atoms with Crippen LogP contribution in [0, 0.1) is 5.82 Å². The van der Waals surface area contributed by atoms with Crippen LogP contribution in [-0.2, 0) is 0 Å². The van der Waals surface area contributed by atoms with Crippen LogP contribution in [0.4, 0.5) is 4.39 Å². The van der Waals surface area contributed by atoms with Crippen molar-refractivity contribution in [2.45, 2.75) is 0 Å². The summed E-state index contributed by atoms with van der Waals surface area (Å²) in [5.41, 5.74) is -0.221. The minimum atomic E-state index is -1.85. The lowest BCUT2D eigenvalue weighted by Gasteiger charge is -2.10. The third kappa shape index (κ3) is 2.63. The summed E-state index contributed by atoms with van der Waals surface area (Å²) in [6, 6.07) is 4.10. The fourth-order valence-corrected chi connectivity index (χ4v) is 1.26. The molecule has 0 saturated heterocycles. The third-order valence-corrected chi connectivity index (χ3v) is 1.96. The molecule has 0 spiro atoms. The van der Waals surface area contributed by atoms with E-state index in [1.165, 1.54) is 23.9 Å². The minimum Gasteiger partial charge on any atom is -0.483 e. The zero-order chi connectivity index (χ0) is 10.6. The van der Waals surface area contributed by atoms with Crippen molar-refractivity contribution in [2.75, 3.05) is 12.2 Å². The predicted octanol–water partition coefficient (Wildman–Crippen LogP) is 0.205. The van der Waals surface area contributed by atoms with Crippen LogP contribution in [0.1, 0.15) is 0 Å². The molecule has 14 heavy (non-hydrogen) atoms. The lowest BCUT2D eigenvalue weighted by Crippen LogP contribution is -2.34. The SMILES string of the molecule is CSCOc1cccc(F)c1B(O)O. The number of hydrogen-bond acceptors (Lipinski definition) is 4. The smallest absolute Gasteiger partial charge is 0.483 e. The van der Waals surface area contributed by atoms with Gasteiger partial charge in [-0.15, -0.1) is 11.8 Å². The summed E-state index contributed by atoms with van der Waals surface area (Å²) in [5.74, 6) is -0.184. The van der Waals surface area contributed by atoms with Crippen molar-refractivity contribution in [2.24, 2.45) is 0 Å². The van der Waals surface area contributed by atoms with Gasteiger partial charge in [0, 0.05) is 0 Å². The summed E-state index contributed by atoms with van der Waals surface area (Å²) in [6.45, 7) is 0. The molecule has 0 saturated carbocycles. The van der Waals surface area contributed by atoms with E-state index in [9.17, 15) is 4.39 Å². The molecule has 0 aliphatic heterocycles. The normalized spacial score (nSPS) is 10.0. The molecule has 0 aliphatic rings. The van der Waals surface area contributed by atoms with Crippen molar-refractivity contribution < 1.29 is 19.2 Å². The fraction of sp³-hybridized carbons (Fsp3) is 0.250. The van der Waals surface area contributed by atoms with Crippen molar-refractivity contribution in [1.82, 2.24) is 0 Å². The summed E-state index contributed by atoms with van der Waals surface area (Å²) in [4.78, 5) is 0. The maximum absolute atomic E-state index is 13.1. The van der Waals surface area contributed by atoms with Crippen LogP contribution in [0.3, 0.4) is 0 Å². The predicted molar refractivity (Wildman–Crippen MR) is 55.2 cm³/mol. The quantitative estimate of drug-likeness (QED) is 0.557. The Hall–Kier alpha value is -0.715. The standard InChI is InChI=1S/C8H10BFO3S/c1-14-5-13-7-4-2-3-6(10)8(7)9(11)12/h2-4,11-12H,5H2,1H3. The molecule has 3 nitrogen and oxygen atoms in total. The van der Waals surface area contributed by atoms with Gasteiger partial charge in [0.1, 0.15) is 17.5 Å². The van der Waals surface area contributed by atoms with Crippen molar-refractivity contribution in [3.8, 4) is 5.75 Å². The molecular formula is C8H10BFO3S.